The summed E-state index contributed by atoms with van der Waals surface area (Å²) in [5, 5.41) is 6.24. The molecule has 1 aromatic rings. The Balaban J connectivity index is 2.58. The Bertz CT molecular complexity index is 325. The second-order valence-corrected chi connectivity index (χ2v) is 3.09. The summed E-state index contributed by atoms with van der Waals surface area (Å²) in [6.45, 7) is 5.91. The molecular formula is C12H16N2. The zero-order valence-corrected chi connectivity index (χ0v) is 8.67. The lowest BCUT2D eigenvalue weighted by atomic mass is 10.3. The highest BCUT2D eigenvalue weighted by molar-refractivity contribution is 5.49. The van der Waals surface area contributed by atoms with E-state index in [0.717, 1.165) is 17.1 Å². The van der Waals surface area contributed by atoms with Crippen LogP contribution in [0.3, 0.4) is 0 Å². The number of hydrogen-bond donors (Lipinski definition) is 2. The lowest BCUT2D eigenvalue weighted by Gasteiger charge is -2.06. The van der Waals surface area contributed by atoms with Crippen LogP contribution >= 0.6 is 0 Å². The Morgan fingerprint density at radius 1 is 1.29 bits per heavy atom. The minimum atomic E-state index is 0.878. The quantitative estimate of drug-likeness (QED) is 0.710. The Labute approximate surface area is 85.3 Å². The van der Waals surface area contributed by atoms with Gasteiger partial charge < -0.3 is 10.6 Å². The van der Waals surface area contributed by atoms with Crippen LogP contribution in [0.5, 0.6) is 0 Å². The maximum Gasteiger partial charge on any atom is 0.0384 e. The van der Waals surface area contributed by atoms with E-state index in [1.54, 1.807) is 0 Å². The number of allylic oxidation sites excluding steroid dienone is 2. The number of rotatable bonds is 4. The van der Waals surface area contributed by atoms with Crippen molar-refractivity contribution in [3.63, 3.8) is 0 Å². The van der Waals surface area contributed by atoms with E-state index in [0.29, 0.717) is 0 Å². The summed E-state index contributed by atoms with van der Waals surface area (Å²) in [5.74, 6) is 0. The largest absolute Gasteiger partial charge is 0.392 e. The maximum absolute atomic E-state index is 3.91. The number of anilines is 1. The van der Waals surface area contributed by atoms with E-state index in [4.69, 9.17) is 0 Å². The molecule has 1 aromatic carbocycles. The van der Waals surface area contributed by atoms with Gasteiger partial charge in [0.15, 0.2) is 0 Å². The molecule has 1 rings (SSSR count). The van der Waals surface area contributed by atoms with Crippen LogP contribution in [0, 0.1) is 0 Å². The zero-order chi connectivity index (χ0) is 10.4. The predicted molar refractivity (Wildman–Crippen MR) is 62.0 cm³/mol. The van der Waals surface area contributed by atoms with E-state index in [9.17, 15) is 0 Å². The number of benzene rings is 1. The maximum atomic E-state index is 3.91. The van der Waals surface area contributed by atoms with Crippen molar-refractivity contribution < 1.29 is 0 Å². The van der Waals surface area contributed by atoms with Crippen LogP contribution in [0.15, 0.2) is 54.4 Å². The van der Waals surface area contributed by atoms with Crippen molar-refractivity contribution in [2.75, 3.05) is 12.4 Å². The average Bonchev–Trinajstić information content (AvgIpc) is 2.19. The molecule has 2 N–H and O–H groups in total. The van der Waals surface area contributed by atoms with Crippen LogP contribution in [-0.4, -0.2) is 7.05 Å². The molecule has 0 atom stereocenters. The molecule has 0 aliphatic carbocycles. The van der Waals surface area contributed by atoms with Crippen LogP contribution in [0.25, 0.3) is 0 Å². The summed E-state index contributed by atoms with van der Waals surface area (Å²) < 4.78 is 0. The van der Waals surface area contributed by atoms with Gasteiger partial charge in [0.2, 0.25) is 0 Å². The van der Waals surface area contributed by atoms with Crippen molar-refractivity contribution in [1.82, 2.24) is 5.32 Å². The van der Waals surface area contributed by atoms with Gasteiger partial charge in [-0.1, -0.05) is 24.8 Å². The summed E-state index contributed by atoms with van der Waals surface area (Å²) in [6, 6.07) is 9.98. The van der Waals surface area contributed by atoms with Gasteiger partial charge in [-0.25, -0.2) is 0 Å². The fraction of sp³-hybridized carbons (Fsp3) is 0.167. The molecule has 0 fully saturated rings. The molecule has 0 aromatic heterocycles. The SMILES string of the molecule is C=C(/C=C(/C)NC)Nc1ccccc1. The van der Waals surface area contributed by atoms with Crippen LogP contribution in [0.1, 0.15) is 6.92 Å². The highest BCUT2D eigenvalue weighted by atomic mass is 14.9. The van der Waals surface area contributed by atoms with Gasteiger partial charge in [-0.2, -0.15) is 0 Å². The summed E-state index contributed by atoms with van der Waals surface area (Å²) in [6.07, 6.45) is 1.97. The summed E-state index contributed by atoms with van der Waals surface area (Å²) in [4.78, 5) is 0. The summed E-state index contributed by atoms with van der Waals surface area (Å²) in [7, 11) is 1.89. The third-order valence-electron chi connectivity index (χ3n) is 1.86. The smallest absolute Gasteiger partial charge is 0.0384 e. The molecule has 0 saturated carbocycles. The fourth-order valence-electron chi connectivity index (χ4n) is 1.08. The van der Waals surface area contributed by atoms with Crippen LogP contribution < -0.4 is 10.6 Å². The lowest BCUT2D eigenvalue weighted by molar-refractivity contribution is 0.987. The molecule has 14 heavy (non-hydrogen) atoms. The Morgan fingerprint density at radius 3 is 2.50 bits per heavy atom. The minimum absolute atomic E-state index is 0.878. The van der Waals surface area contributed by atoms with Crippen molar-refractivity contribution in [3.8, 4) is 0 Å². The van der Waals surface area contributed by atoms with Crippen molar-refractivity contribution in [2.24, 2.45) is 0 Å². The van der Waals surface area contributed by atoms with Gasteiger partial charge in [0.05, 0.1) is 0 Å². The standard InChI is InChI=1S/C12H16N2/c1-10(13-3)9-11(2)14-12-7-5-4-6-8-12/h4-9,13-14H,2H2,1,3H3/b10-9-. The fourth-order valence-corrected chi connectivity index (χ4v) is 1.08. The van der Waals surface area contributed by atoms with Crippen LogP contribution in [0.2, 0.25) is 0 Å². The van der Waals surface area contributed by atoms with E-state index in [1.807, 2.05) is 50.4 Å². The molecule has 0 bridgehead atoms. The molecule has 0 unspecified atom stereocenters. The van der Waals surface area contributed by atoms with Crippen molar-refractivity contribution in [1.29, 1.82) is 0 Å². The van der Waals surface area contributed by atoms with Crippen LogP contribution in [0.4, 0.5) is 5.69 Å². The molecule has 0 saturated heterocycles. The molecule has 2 nitrogen and oxygen atoms in total. The van der Waals surface area contributed by atoms with Gasteiger partial charge in [-0.3, -0.25) is 0 Å². The Kier molecular flexibility index (Phi) is 3.80. The van der Waals surface area contributed by atoms with Gasteiger partial charge in [-0.05, 0) is 25.1 Å². The van der Waals surface area contributed by atoms with E-state index in [1.165, 1.54) is 0 Å². The molecular weight excluding hydrogens is 172 g/mol. The highest BCUT2D eigenvalue weighted by Gasteiger charge is 1.91. The van der Waals surface area contributed by atoms with Gasteiger partial charge in [0.1, 0.15) is 0 Å². The first-order chi connectivity index (χ1) is 6.72. The molecule has 0 radical (unpaired) electrons. The van der Waals surface area contributed by atoms with Gasteiger partial charge in [0, 0.05) is 24.1 Å². The van der Waals surface area contributed by atoms with Crippen LogP contribution in [-0.2, 0) is 0 Å². The van der Waals surface area contributed by atoms with E-state index >= 15 is 0 Å². The van der Waals surface area contributed by atoms with Crippen molar-refractivity contribution >= 4 is 5.69 Å². The second-order valence-electron chi connectivity index (χ2n) is 3.09. The number of nitrogens with one attached hydrogen (secondary N) is 2. The topological polar surface area (TPSA) is 24.1 Å². The first-order valence-electron chi connectivity index (χ1n) is 4.59. The second kappa shape index (κ2) is 5.12. The first-order valence-corrected chi connectivity index (χ1v) is 4.59. The van der Waals surface area contributed by atoms with Gasteiger partial charge in [0.25, 0.3) is 0 Å². The molecule has 74 valence electrons. The molecule has 0 aliphatic rings. The van der Waals surface area contributed by atoms with Gasteiger partial charge >= 0.3 is 0 Å². The summed E-state index contributed by atoms with van der Waals surface area (Å²) >= 11 is 0. The van der Waals surface area contributed by atoms with Gasteiger partial charge in [-0.15, -0.1) is 0 Å². The third-order valence-corrected chi connectivity index (χ3v) is 1.86. The molecule has 0 heterocycles. The number of para-hydroxylation sites is 1. The molecule has 0 spiro atoms. The average molecular weight is 188 g/mol. The highest BCUT2D eigenvalue weighted by Crippen LogP contribution is 2.09. The predicted octanol–water partition coefficient (Wildman–Crippen LogP) is 2.74. The van der Waals surface area contributed by atoms with Crippen molar-refractivity contribution in [2.45, 2.75) is 6.92 Å². The Morgan fingerprint density at radius 2 is 1.93 bits per heavy atom. The van der Waals surface area contributed by atoms with E-state index in [-0.39, 0.29) is 0 Å². The summed E-state index contributed by atoms with van der Waals surface area (Å²) in [5.41, 5.74) is 3.01. The molecule has 2 heteroatoms. The zero-order valence-electron chi connectivity index (χ0n) is 8.67. The third kappa shape index (κ3) is 3.35. The number of hydrogen-bond acceptors (Lipinski definition) is 2. The van der Waals surface area contributed by atoms with E-state index < -0.39 is 0 Å². The monoisotopic (exact) mass is 188 g/mol. The molecule has 0 aliphatic heterocycles. The molecule has 0 amide bonds. The lowest BCUT2D eigenvalue weighted by Crippen LogP contribution is -2.04. The van der Waals surface area contributed by atoms with E-state index in [2.05, 4.69) is 17.2 Å². The Hall–Kier alpha value is -1.70. The first kappa shape index (κ1) is 10.4. The normalized spacial score (nSPS) is 10.9. The van der Waals surface area contributed by atoms with Crippen molar-refractivity contribution in [3.05, 3.63) is 54.4 Å². The minimum Gasteiger partial charge on any atom is -0.392 e.